The Morgan fingerprint density at radius 2 is 1.25 bits per heavy atom. The first-order chi connectivity index (χ1) is 27.3. The number of hydrogen-bond acceptors (Lipinski definition) is 16. The van der Waals surface area contributed by atoms with E-state index in [1.165, 1.54) is 44.0 Å². The maximum absolute atomic E-state index is 12.9. The lowest BCUT2D eigenvalue weighted by atomic mass is 10.1. The third kappa shape index (κ3) is 10.3. The second kappa shape index (κ2) is 19.1. The summed E-state index contributed by atoms with van der Waals surface area (Å²) in [5.74, 6) is -1.37. The van der Waals surface area contributed by atoms with E-state index in [9.17, 15) is 24.6 Å². The van der Waals surface area contributed by atoms with Crippen molar-refractivity contribution < 1.29 is 58.1 Å². The highest BCUT2D eigenvalue weighted by Gasteiger charge is 2.50. The number of carbonyl (C=O) groups is 3. The Labute approximate surface area is 320 Å². The van der Waals surface area contributed by atoms with Gasteiger partial charge in [-0.05, 0) is 76.3 Å². The van der Waals surface area contributed by atoms with Gasteiger partial charge >= 0.3 is 11.9 Å². The average Bonchev–Trinajstić information content (AvgIpc) is 3.82. The molecule has 2 aliphatic heterocycles. The number of nitrogens with zero attached hydrogens (tertiary/aromatic N) is 4. The first-order valence-corrected chi connectivity index (χ1v) is 17.1. The second-order valence-electron chi connectivity index (χ2n) is 12.3. The summed E-state index contributed by atoms with van der Waals surface area (Å²) in [5, 5.41) is 35.7. The molecule has 16 heteroatoms. The summed E-state index contributed by atoms with van der Waals surface area (Å²) >= 11 is 0. The van der Waals surface area contributed by atoms with Gasteiger partial charge in [-0.2, -0.15) is 20.4 Å². The molecule has 6 rings (SSSR count). The number of rotatable bonds is 16. The summed E-state index contributed by atoms with van der Waals surface area (Å²) < 4.78 is 26.8. The largest absolute Gasteiger partial charge is 0.508 e. The summed E-state index contributed by atoms with van der Waals surface area (Å²) in [6.07, 6.45) is 3.89. The molecule has 0 bridgehead atoms. The van der Waals surface area contributed by atoms with Crippen molar-refractivity contribution in [1.29, 1.82) is 0 Å². The zero-order valence-corrected chi connectivity index (χ0v) is 29.9. The van der Waals surface area contributed by atoms with Crippen LogP contribution >= 0.6 is 0 Å². The van der Waals surface area contributed by atoms with Gasteiger partial charge in [-0.3, -0.25) is 4.79 Å². The molecule has 3 unspecified atom stereocenters. The maximum Gasteiger partial charge on any atom is 0.341 e. The van der Waals surface area contributed by atoms with Gasteiger partial charge in [0, 0.05) is 5.56 Å². The fraction of sp³-hybridized carbons (Fsp3) is 0.225. The van der Waals surface area contributed by atoms with Gasteiger partial charge in [-0.15, -0.1) is 0 Å². The van der Waals surface area contributed by atoms with E-state index >= 15 is 0 Å². The molecule has 2 saturated heterocycles. The monoisotopic (exact) mass is 764 g/mol. The molecule has 288 valence electrons. The predicted molar refractivity (Wildman–Crippen MR) is 200 cm³/mol. The number of phenols is 2. The number of hydrogen-bond donors (Lipinski definition) is 2. The SMILES string of the molecule is COC(=O)c1cc(/C=N/N=C/c2ccc(COO[C@@H]3COC4C(OC(=O)c5ccc(/C=N/N=C/c6ccc(O)c(COC=O)c6)cc5)COC43)cc2)ccc1O. The Morgan fingerprint density at radius 3 is 1.89 bits per heavy atom. The van der Waals surface area contributed by atoms with Crippen molar-refractivity contribution in [3.63, 3.8) is 0 Å². The third-order valence-corrected chi connectivity index (χ3v) is 8.56. The van der Waals surface area contributed by atoms with Gasteiger partial charge < -0.3 is 33.9 Å². The minimum atomic E-state index is -0.654. The number of aromatic hydroxyl groups is 2. The molecule has 56 heavy (non-hydrogen) atoms. The van der Waals surface area contributed by atoms with Gasteiger partial charge in [0.05, 0.1) is 50.7 Å². The Bertz CT molecular complexity index is 2120. The summed E-state index contributed by atoms with van der Waals surface area (Å²) in [6.45, 7) is 0.751. The van der Waals surface area contributed by atoms with E-state index in [-0.39, 0.29) is 43.5 Å². The topological polar surface area (TPSA) is 206 Å². The van der Waals surface area contributed by atoms with Crippen LogP contribution in [0.2, 0.25) is 0 Å². The highest BCUT2D eigenvalue weighted by atomic mass is 17.2. The van der Waals surface area contributed by atoms with Crippen LogP contribution in [-0.2, 0) is 51.5 Å². The van der Waals surface area contributed by atoms with E-state index < -0.39 is 36.4 Å². The molecule has 0 amide bonds. The number of fused-ring (bicyclic) bond motifs is 1. The highest BCUT2D eigenvalue weighted by molar-refractivity contribution is 5.95. The van der Waals surface area contributed by atoms with E-state index in [0.717, 1.165) is 11.1 Å². The van der Waals surface area contributed by atoms with E-state index in [4.69, 9.17) is 28.7 Å². The minimum absolute atomic E-state index is 0.00293. The molecule has 2 aliphatic rings. The number of benzene rings is 4. The van der Waals surface area contributed by atoms with Gasteiger partial charge in [-0.25, -0.2) is 19.4 Å². The second-order valence-corrected chi connectivity index (χ2v) is 12.3. The molecule has 4 aromatic rings. The Balaban J connectivity index is 0.912. The highest BCUT2D eigenvalue weighted by Crippen LogP contribution is 2.31. The normalized spacial score (nSPS) is 19.2. The number of methoxy groups -OCH3 is 1. The van der Waals surface area contributed by atoms with Gasteiger partial charge in [0.1, 0.15) is 48.6 Å². The molecule has 16 nitrogen and oxygen atoms in total. The van der Waals surface area contributed by atoms with Gasteiger partial charge in [0.15, 0.2) is 6.10 Å². The molecular formula is C40H36N4O12. The quantitative estimate of drug-likeness (QED) is 0.0409. The van der Waals surface area contributed by atoms with Crippen LogP contribution in [0.4, 0.5) is 0 Å². The smallest absolute Gasteiger partial charge is 0.341 e. The Morgan fingerprint density at radius 1 is 0.696 bits per heavy atom. The molecule has 0 spiro atoms. The van der Waals surface area contributed by atoms with Crippen LogP contribution in [0, 0.1) is 0 Å². The van der Waals surface area contributed by atoms with Crippen molar-refractivity contribution >= 4 is 43.3 Å². The molecule has 2 N–H and O–H groups in total. The fourth-order valence-corrected chi connectivity index (χ4v) is 5.65. The third-order valence-electron chi connectivity index (χ3n) is 8.56. The van der Waals surface area contributed by atoms with Crippen LogP contribution in [0.25, 0.3) is 0 Å². The van der Waals surface area contributed by atoms with Crippen molar-refractivity contribution in [1.82, 2.24) is 0 Å². The average molecular weight is 765 g/mol. The predicted octanol–water partition coefficient (Wildman–Crippen LogP) is 4.30. The van der Waals surface area contributed by atoms with Gasteiger partial charge in [0.2, 0.25) is 0 Å². The van der Waals surface area contributed by atoms with Crippen LogP contribution < -0.4 is 0 Å². The van der Waals surface area contributed by atoms with E-state index in [2.05, 4.69) is 25.1 Å². The van der Waals surface area contributed by atoms with E-state index in [1.54, 1.807) is 48.7 Å². The summed E-state index contributed by atoms with van der Waals surface area (Å²) in [4.78, 5) is 46.2. The Kier molecular flexibility index (Phi) is 13.4. The molecule has 0 aliphatic carbocycles. The molecule has 2 heterocycles. The molecule has 0 radical (unpaired) electrons. The molecular weight excluding hydrogens is 728 g/mol. The van der Waals surface area contributed by atoms with Crippen molar-refractivity contribution in [3.8, 4) is 11.5 Å². The molecule has 0 aromatic heterocycles. The number of esters is 2. The van der Waals surface area contributed by atoms with Crippen molar-refractivity contribution in [2.24, 2.45) is 20.4 Å². The zero-order valence-electron chi connectivity index (χ0n) is 29.9. The van der Waals surface area contributed by atoms with Crippen LogP contribution in [0.1, 0.15) is 54.1 Å². The lowest BCUT2D eigenvalue weighted by molar-refractivity contribution is -0.341. The fourth-order valence-electron chi connectivity index (χ4n) is 5.65. The van der Waals surface area contributed by atoms with Crippen molar-refractivity contribution in [2.75, 3.05) is 20.3 Å². The molecule has 4 aromatic carbocycles. The number of phenolic OH excluding ortho intramolecular Hbond substituents is 2. The summed E-state index contributed by atoms with van der Waals surface area (Å²) in [7, 11) is 1.23. The van der Waals surface area contributed by atoms with Crippen LogP contribution in [-0.4, -0.2) is 98.2 Å². The van der Waals surface area contributed by atoms with Gasteiger partial charge in [-0.1, -0.05) is 36.4 Å². The molecule has 0 saturated carbocycles. The number of carbonyl (C=O) groups excluding carboxylic acids is 3. The molecule has 2 fully saturated rings. The van der Waals surface area contributed by atoms with Gasteiger partial charge in [0.25, 0.3) is 6.47 Å². The maximum atomic E-state index is 12.9. The first-order valence-electron chi connectivity index (χ1n) is 17.1. The van der Waals surface area contributed by atoms with E-state index in [1.807, 2.05) is 24.3 Å². The summed E-state index contributed by atoms with van der Waals surface area (Å²) in [5.41, 5.74) is 4.36. The standard InChI is InChI=1S/C40H36N4O12/c1-50-40(49)32-15-29(9-13-34(32)47)19-44-41-16-25-2-4-27(5-3-25)20-54-56-36-23-53-37-35(22-52-38(36)37)55-39(48)30-10-6-26(7-11-30)17-42-43-18-28-8-12-33(46)31(14-28)21-51-24-45/h2-19,24,35-38,46-47H,20-23H2,1H3/b41-16+,42-17+,43-18+,44-19+/t35?,36-,37?,38?/m1/s1. The molecule has 4 atom stereocenters. The first kappa shape index (κ1) is 39.1. The Hall–Kier alpha value is -6.59. The van der Waals surface area contributed by atoms with Crippen molar-refractivity contribution in [2.45, 2.75) is 37.6 Å². The lowest BCUT2D eigenvalue weighted by Gasteiger charge is -2.17. The van der Waals surface area contributed by atoms with Crippen molar-refractivity contribution in [3.05, 3.63) is 129 Å². The lowest BCUT2D eigenvalue weighted by Crippen LogP contribution is -2.35. The zero-order chi connectivity index (χ0) is 39.3. The minimum Gasteiger partial charge on any atom is -0.508 e. The summed E-state index contributed by atoms with van der Waals surface area (Å²) in [6, 6.07) is 23.2. The van der Waals surface area contributed by atoms with Crippen LogP contribution in [0.15, 0.2) is 105 Å². The van der Waals surface area contributed by atoms with Crippen LogP contribution in [0.5, 0.6) is 11.5 Å². The number of ether oxygens (including phenoxy) is 5. The van der Waals surface area contributed by atoms with E-state index in [0.29, 0.717) is 34.3 Å². The van der Waals surface area contributed by atoms with Crippen LogP contribution in [0.3, 0.4) is 0 Å².